The Morgan fingerprint density at radius 3 is 2.80 bits per heavy atom. The second-order valence-corrected chi connectivity index (χ2v) is 5.47. The van der Waals surface area contributed by atoms with E-state index in [1.807, 2.05) is 18.5 Å². The topological polar surface area (TPSA) is 34.1 Å². The molecule has 1 aromatic heterocycles. The molecule has 2 aromatic rings. The first kappa shape index (κ1) is 14.9. The fraction of sp³-hybridized carbons (Fsp3) is 0.400. The number of nitrogens with zero attached hydrogens (tertiary/aromatic N) is 1. The summed E-state index contributed by atoms with van der Waals surface area (Å²) in [7, 11) is 1.47. The SMILES string of the molecule is CCNC(Cc1ccc(OC)c(F)c1)c1scnc1C. The summed E-state index contributed by atoms with van der Waals surface area (Å²) in [5, 5.41) is 3.44. The molecule has 5 heteroatoms. The van der Waals surface area contributed by atoms with E-state index in [2.05, 4.69) is 17.2 Å². The molecule has 0 spiro atoms. The molecule has 0 aliphatic heterocycles. The third-order valence-electron chi connectivity index (χ3n) is 3.21. The van der Waals surface area contributed by atoms with E-state index in [1.54, 1.807) is 23.5 Å². The van der Waals surface area contributed by atoms with Gasteiger partial charge in [0.15, 0.2) is 11.6 Å². The van der Waals surface area contributed by atoms with Gasteiger partial charge in [-0.25, -0.2) is 9.37 Å². The zero-order valence-corrected chi connectivity index (χ0v) is 12.8. The van der Waals surface area contributed by atoms with Crippen molar-refractivity contribution in [3.05, 3.63) is 45.7 Å². The van der Waals surface area contributed by atoms with Gasteiger partial charge in [-0.3, -0.25) is 0 Å². The summed E-state index contributed by atoms with van der Waals surface area (Å²) in [6.45, 7) is 4.93. The smallest absolute Gasteiger partial charge is 0.165 e. The predicted octanol–water partition coefficient (Wildman–Crippen LogP) is 3.49. The van der Waals surface area contributed by atoms with E-state index in [9.17, 15) is 4.39 Å². The van der Waals surface area contributed by atoms with Gasteiger partial charge in [0.05, 0.1) is 18.3 Å². The van der Waals surface area contributed by atoms with Crippen LogP contribution in [0.5, 0.6) is 5.75 Å². The van der Waals surface area contributed by atoms with Crippen molar-refractivity contribution in [2.24, 2.45) is 0 Å². The molecule has 3 nitrogen and oxygen atoms in total. The fourth-order valence-electron chi connectivity index (χ4n) is 2.22. The number of likely N-dealkylation sites (N-methyl/N-ethyl adjacent to an activating group) is 1. The van der Waals surface area contributed by atoms with Crippen LogP contribution in [0.15, 0.2) is 23.7 Å². The zero-order valence-electron chi connectivity index (χ0n) is 11.9. The minimum atomic E-state index is -0.318. The normalized spacial score (nSPS) is 12.4. The van der Waals surface area contributed by atoms with Crippen molar-refractivity contribution in [2.75, 3.05) is 13.7 Å². The van der Waals surface area contributed by atoms with E-state index in [0.29, 0.717) is 0 Å². The molecule has 20 heavy (non-hydrogen) atoms. The predicted molar refractivity (Wildman–Crippen MR) is 79.9 cm³/mol. The largest absolute Gasteiger partial charge is 0.494 e. The first-order chi connectivity index (χ1) is 9.65. The lowest BCUT2D eigenvalue weighted by Gasteiger charge is -2.17. The molecule has 0 saturated carbocycles. The fourth-order valence-corrected chi connectivity index (χ4v) is 3.10. The molecule has 1 aromatic carbocycles. The molecule has 1 unspecified atom stereocenters. The zero-order chi connectivity index (χ0) is 14.5. The summed E-state index contributed by atoms with van der Waals surface area (Å²) in [5.74, 6) is -0.0380. The minimum Gasteiger partial charge on any atom is -0.494 e. The van der Waals surface area contributed by atoms with Crippen LogP contribution in [0.4, 0.5) is 4.39 Å². The van der Waals surface area contributed by atoms with Gasteiger partial charge in [-0.2, -0.15) is 0 Å². The number of aryl methyl sites for hydroxylation is 1. The summed E-state index contributed by atoms with van der Waals surface area (Å²) < 4.78 is 18.7. The van der Waals surface area contributed by atoms with Crippen molar-refractivity contribution in [1.82, 2.24) is 10.3 Å². The average Bonchev–Trinajstić information content (AvgIpc) is 2.85. The van der Waals surface area contributed by atoms with E-state index in [1.165, 1.54) is 12.0 Å². The van der Waals surface area contributed by atoms with Crippen molar-refractivity contribution in [2.45, 2.75) is 26.3 Å². The van der Waals surface area contributed by atoms with E-state index in [0.717, 1.165) is 24.2 Å². The van der Waals surface area contributed by atoms with Gasteiger partial charge in [0.2, 0.25) is 0 Å². The second kappa shape index (κ2) is 6.81. The molecule has 0 fully saturated rings. The Morgan fingerprint density at radius 2 is 2.25 bits per heavy atom. The van der Waals surface area contributed by atoms with Crippen LogP contribution >= 0.6 is 11.3 Å². The van der Waals surface area contributed by atoms with Crippen LogP contribution < -0.4 is 10.1 Å². The van der Waals surface area contributed by atoms with E-state index >= 15 is 0 Å². The third-order valence-corrected chi connectivity index (χ3v) is 4.25. The van der Waals surface area contributed by atoms with Gasteiger partial charge >= 0.3 is 0 Å². The lowest BCUT2D eigenvalue weighted by atomic mass is 10.0. The molecular weight excluding hydrogens is 275 g/mol. The average molecular weight is 294 g/mol. The van der Waals surface area contributed by atoms with Crippen LogP contribution in [0, 0.1) is 12.7 Å². The minimum absolute atomic E-state index is 0.167. The van der Waals surface area contributed by atoms with Gasteiger partial charge in [-0.05, 0) is 37.6 Å². The van der Waals surface area contributed by atoms with Crippen LogP contribution in [0.25, 0.3) is 0 Å². The van der Waals surface area contributed by atoms with E-state index in [-0.39, 0.29) is 17.6 Å². The lowest BCUT2D eigenvalue weighted by molar-refractivity contribution is 0.386. The molecule has 0 saturated heterocycles. The molecule has 0 radical (unpaired) electrons. The molecule has 1 atom stereocenters. The number of aromatic nitrogens is 1. The van der Waals surface area contributed by atoms with Crippen molar-refractivity contribution < 1.29 is 9.13 Å². The Morgan fingerprint density at radius 1 is 1.45 bits per heavy atom. The molecule has 0 aliphatic carbocycles. The first-order valence-corrected chi connectivity index (χ1v) is 7.49. The Kier molecular flexibility index (Phi) is 5.09. The van der Waals surface area contributed by atoms with Crippen molar-refractivity contribution in [3.63, 3.8) is 0 Å². The van der Waals surface area contributed by atoms with Crippen molar-refractivity contribution in [1.29, 1.82) is 0 Å². The Bertz CT molecular complexity index is 571. The van der Waals surface area contributed by atoms with Gasteiger partial charge in [-0.1, -0.05) is 13.0 Å². The molecule has 0 bridgehead atoms. The highest BCUT2D eigenvalue weighted by Crippen LogP contribution is 2.26. The van der Waals surface area contributed by atoms with Crippen LogP contribution in [-0.2, 0) is 6.42 Å². The number of hydrogen-bond donors (Lipinski definition) is 1. The lowest BCUT2D eigenvalue weighted by Crippen LogP contribution is -2.22. The third kappa shape index (κ3) is 3.35. The Labute approximate surface area is 122 Å². The maximum atomic E-state index is 13.8. The Balaban J connectivity index is 2.20. The van der Waals surface area contributed by atoms with Gasteiger partial charge in [0.25, 0.3) is 0 Å². The quantitative estimate of drug-likeness (QED) is 0.885. The number of methoxy groups -OCH3 is 1. The Hall–Kier alpha value is -1.46. The second-order valence-electron chi connectivity index (χ2n) is 4.59. The maximum absolute atomic E-state index is 13.8. The maximum Gasteiger partial charge on any atom is 0.165 e. The molecule has 0 aliphatic rings. The molecule has 1 N–H and O–H groups in total. The van der Waals surface area contributed by atoms with Gasteiger partial charge in [0, 0.05) is 10.9 Å². The first-order valence-electron chi connectivity index (χ1n) is 6.61. The van der Waals surface area contributed by atoms with Gasteiger partial charge in [0.1, 0.15) is 0 Å². The van der Waals surface area contributed by atoms with E-state index < -0.39 is 0 Å². The molecule has 0 amide bonds. The number of benzene rings is 1. The monoisotopic (exact) mass is 294 g/mol. The number of ether oxygens (including phenoxy) is 1. The molecular formula is C15H19FN2OS. The standard InChI is InChI=1S/C15H19FN2OS/c1-4-17-13(15-10(2)18-9-20-15)8-11-5-6-14(19-3)12(16)7-11/h5-7,9,13,17H,4,8H2,1-3H3. The highest BCUT2D eigenvalue weighted by Gasteiger charge is 2.16. The summed E-state index contributed by atoms with van der Waals surface area (Å²) in [6.07, 6.45) is 0.734. The highest BCUT2D eigenvalue weighted by atomic mass is 32.1. The van der Waals surface area contributed by atoms with Gasteiger partial charge < -0.3 is 10.1 Å². The van der Waals surface area contributed by atoms with Crippen molar-refractivity contribution >= 4 is 11.3 Å². The number of nitrogens with one attached hydrogen (secondary N) is 1. The number of halogens is 1. The van der Waals surface area contributed by atoms with E-state index in [4.69, 9.17) is 4.74 Å². The number of rotatable bonds is 6. The summed E-state index contributed by atoms with van der Waals surface area (Å²) in [4.78, 5) is 5.50. The number of hydrogen-bond acceptors (Lipinski definition) is 4. The van der Waals surface area contributed by atoms with Crippen LogP contribution in [-0.4, -0.2) is 18.6 Å². The molecule has 1 heterocycles. The number of thiazole rings is 1. The van der Waals surface area contributed by atoms with Crippen LogP contribution in [0.1, 0.15) is 29.1 Å². The summed E-state index contributed by atoms with van der Waals surface area (Å²) in [5.41, 5.74) is 3.83. The molecule has 2 rings (SSSR count). The van der Waals surface area contributed by atoms with Crippen molar-refractivity contribution in [3.8, 4) is 5.75 Å². The summed E-state index contributed by atoms with van der Waals surface area (Å²) >= 11 is 1.64. The van der Waals surface area contributed by atoms with Gasteiger partial charge in [-0.15, -0.1) is 11.3 Å². The highest BCUT2D eigenvalue weighted by molar-refractivity contribution is 7.09. The van der Waals surface area contributed by atoms with Crippen LogP contribution in [0.3, 0.4) is 0 Å². The summed E-state index contributed by atoms with van der Waals surface area (Å²) in [6, 6.07) is 5.29. The van der Waals surface area contributed by atoms with Crippen LogP contribution in [0.2, 0.25) is 0 Å². The molecule has 108 valence electrons.